The summed E-state index contributed by atoms with van der Waals surface area (Å²) in [6, 6.07) is 4.95. The third-order valence-corrected chi connectivity index (χ3v) is 3.47. The second-order valence-electron chi connectivity index (χ2n) is 3.86. The highest BCUT2D eigenvalue weighted by Gasteiger charge is 2.10. The van der Waals surface area contributed by atoms with Gasteiger partial charge >= 0.3 is 0 Å². The fourth-order valence-electron chi connectivity index (χ4n) is 1.57. The molecule has 1 aromatic carbocycles. The molecule has 2 aromatic rings. The molecule has 2 N–H and O–H groups in total. The number of benzene rings is 1. The van der Waals surface area contributed by atoms with Crippen molar-refractivity contribution < 1.29 is 0 Å². The van der Waals surface area contributed by atoms with E-state index in [1.165, 1.54) is 9.25 Å². The predicted molar refractivity (Wildman–Crippen MR) is 74.1 cm³/mol. The lowest BCUT2D eigenvalue weighted by atomic mass is 10.1. The normalized spacial score (nSPS) is 10.6. The molecule has 5 nitrogen and oxygen atoms in total. The van der Waals surface area contributed by atoms with Gasteiger partial charge in [-0.25, -0.2) is 4.68 Å². The molecule has 0 radical (unpaired) electrons. The molecular weight excluding hydrogens is 272 g/mol. The summed E-state index contributed by atoms with van der Waals surface area (Å²) in [6.07, 6.45) is 0. The number of nitrogens with zero attached hydrogens (tertiary/aromatic N) is 3. The molecule has 2 rings (SSSR count). The van der Waals surface area contributed by atoms with E-state index < -0.39 is 0 Å². The van der Waals surface area contributed by atoms with Crippen LogP contribution in [0, 0.1) is 4.77 Å². The Morgan fingerprint density at radius 3 is 2.67 bits per heavy atom. The van der Waals surface area contributed by atoms with E-state index in [1.54, 1.807) is 32.3 Å². The third-order valence-electron chi connectivity index (χ3n) is 2.59. The standard InChI is InChI=1S/C11H11ClN4OS/c1-15-10(17)9(14-16(2)11(15)18)6-3-4-7(12)8(13)5-6/h3-5H,13H2,1-2H3. The van der Waals surface area contributed by atoms with Gasteiger partial charge in [0.25, 0.3) is 5.56 Å². The Morgan fingerprint density at radius 1 is 1.39 bits per heavy atom. The number of nitrogen functional groups attached to an aromatic ring is 1. The van der Waals surface area contributed by atoms with E-state index in [2.05, 4.69) is 5.10 Å². The van der Waals surface area contributed by atoms with Gasteiger partial charge in [0.2, 0.25) is 0 Å². The molecule has 0 saturated heterocycles. The van der Waals surface area contributed by atoms with E-state index in [0.717, 1.165) is 0 Å². The van der Waals surface area contributed by atoms with E-state index >= 15 is 0 Å². The fraction of sp³-hybridized carbons (Fsp3) is 0.182. The van der Waals surface area contributed by atoms with E-state index in [1.807, 2.05) is 0 Å². The average Bonchev–Trinajstić information content (AvgIpc) is 2.35. The summed E-state index contributed by atoms with van der Waals surface area (Å²) in [6.45, 7) is 0. The molecule has 0 unspecified atom stereocenters. The number of halogens is 1. The summed E-state index contributed by atoms with van der Waals surface area (Å²) in [7, 11) is 3.29. The van der Waals surface area contributed by atoms with Gasteiger partial charge in [-0.2, -0.15) is 5.10 Å². The molecule has 0 aliphatic heterocycles. The third kappa shape index (κ3) is 2.04. The maximum absolute atomic E-state index is 12.1. The number of rotatable bonds is 1. The van der Waals surface area contributed by atoms with Crippen LogP contribution in [0.25, 0.3) is 11.3 Å². The van der Waals surface area contributed by atoms with Crippen LogP contribution in [0.1, 0.15) is 0 Å². The van der Waals surface area contributed by atoms with Crippen LogP contribution in [0.3, 0.4) is 0 Å². The Balaban J connectivity index is 2.76. The second kappa shape index (κ2) is 4.55. The Bertz CT molecular complexity index is 735. The van der Waals surface area contributed by atoms with Crippen molar-refractivity contribution in [3.05, 3.63) is 38.3 Å². The maximum atomic E-state index is 12.1. The lowest BCUT2D eigenvalue weighted by Crippen LogP contribution is -2.25. The Hall–Kier alpha value is -1.66. The fourth-order valence-corrected chi connectivity index (χ4v) is 1.81. The van der Waals surface area contributed by atoms with Gasteiger partial charge in [0.15, 0.2) is 10.5 Å². The summed E-state index contributed by atoms with van der Waals surface area (Å²) in [5.41, 5.74) is 6.76. The number of hydrogen-bond donors (Lipinski definition) is 1. The quantitative estimate of drug-likeness (QED) is 0.639. The highest BCUT2D eigenvalue weighted by Crippen LogP contribution is 2.23. The summed E-state index contributed by atoms with van der Waals surface area (Å²) < 4.78 is 3.19. The number of nitrogens with two attached hydrogens (primary N) is 1. The van der Waals surface area contributed by atoms with Crippen molar-refractivity contribution in [3.8, 4) is 11.3 Å². The first kappa shape index (κ1) is 12.8. The lowest BCUT2D eigenvalue weighted by molar-refractivity contribution is 0.632. The van der Waals surface area contributed by atoms with E-state index in [-0.39, 0.29) is 11.3 Å². The largest absolute Gasteiger partial charge is 0.398 e. The molecule has 0 aliphatic rings. The molecule has 18 heavy (non-hydrogen) atoms. The smallest absolute Gasteiger partial charge is 0.280 e. The number of hydrogen-bond acceptors (Lipinski definition) is 4. The van der Waals surface area contributed by atoms with E-state index in [9.17, 15) is 4.79 Å². The van der Waals surface area contributed by atoms with Crippen molar-refractivity contribution >= 4 is 29.5 Å². The zero-order valence-electron chi connectivity index (χ0n) is 9.85. The monoisotopic (exact) mass is 282 g/mol. The van der Waals surface area contributed by atoms with Crippen molar-refractivity contribution in [1.82, 2.24) is 14.3 Å². The summed E-state index contributed by atoms with van der Waals surface area (Å²) in [4.78, 5) is 12.1. The first-order valence-corrected chi connectivity index (χ1v) is 5.90. The zero-order chi connectivity index (χ0) is 13.4. The average molecular weight is 283 g/mol. The summed E-state index contributed by atoms with van der Waals surface area (Å²) >= 11 is 10.9. The van der Waals surface area contributed by atoms with Crippen molar-refractivity contribution in [2.75, 3.05) is 5.73 Å². The van der Waals surface area contributed by atoms with Crippen LogP contribution in [0.5, 0.6) is 0 Å². The number of aromatic nitrogens is 3. The van der Waals surface area contributed by atoms with Crippen LogP contribution in [0.2, 0.25) is 5.02 Å². The Labute approximate surface area is 113 Å². The van der Waals surface area contributed by atoms with Crippen LogP contribution in [0.15, 0.2) is 23.0 Å². The van der Waals surface area contributed by atoms with Gasteiger partial charge in [-0.15, -0.1) is 0 Å². The van der Waals surface area contributed by atoms with Gasteiger partial charge in [-0.3, -0.25) is 9.36 Å². The number of aryl methyl sites for hydroxylation is 1. The van der Waals surface area contributed by atoms with Crippen LogP contribution < -0.4 is 11.3 Å². The highest BCUT2D eigenvalue weighted by molar-refractivity contribution is 7.71. The minimum Gasteiger partial charge on any atom is -0.398 e. The summed E-state index contributed by atoms with van der Waals surface area (Å²) in [5, 5.41) is 4.60. The van der Waals surface area contributed by atoms with Crippen molar-refractivity contribution in [1.29, 1.82) is 0 Å². The molecule has 0 fully saturated rings. The van der Waals surface area contributed by atoms with Crippen molar-refractivity contribution in [2.45, 2.75) is 0 Å². The van der Waals surface area contributed by atoms with Crippen molar-refractivity contribution in [3.63, 3.8) is 0 Å². The molecule has 0 bridgehead atoms. The molecule has 0 amide bonds. The molecule has 0 spiro atoms. The SMILES string of the molecule is Cn1nc(-c2ccc(Cl)c(N)c2)c(=O)n(C)c1=S. The minimum absolute atomic E-state index is 0.264. The molecule has 0 atom stereocenters. The lowest BCUT2D eigenvalue weighted by Gasteiger charge is -2.08. The minimum atomic E-state index is -0.264. The zero-order valence-corrected chi connectivity index (χ0v) is 11.4. The highest BCUT2D eigenvalue weighted by atomic mass is 35.5. The summed E-state index contributed by atoms with van der Waals surface area (Å²) in [5.74, 6) is 0. The first-order chi connectivity index (χ1) is 8.41. The molecule has 1 heterocycles. The molecule has 94 valence electrons. The van der Waals surface area contributed by atoms with E-state index in [0.29, 0.717) is 21.0 Å². The second-order valence-corrected chi connectivity index (χ2v) is 4.63. The van der Waals surface area contributed by atoms with E-state index in [4.69, 9.17) is 29.6 Å². The van der Waals surface area contributed by atoms with Crippen LogP contribution >= 0.6 is 23.8 Å². The molecule has 1 aromatic heterocycles. The maximum Gasteiger partial charge on any atom is 0.280 e. The predicted octanol–water partition coefficient (Wildman–Crippen LogP) is 1.75. The molecule has 0 saturated carbocycles. The molecule has 7 heteroatoms. The number of anilines is 1. The van der Waals surface area contributed by atoms with Crippen LogP contribution in [0.4, 0.5) is 5.69 Å². The van der Waals surface area contributed by atoms with Gasteiger partial charge < -0.3 is 5.73 Å². The van der Waals surface area contributed by atoms with Crippen LogP contribution in [-0.4, -0.2) is 14.3 Å². The van der Waals surface area contributed by atoms with Gasteiger partial charge in [-0.05, 0) is 24.4 Å². The molecular formula is C11H11ClN4OS. The van der Waals surface area contributed by atoms with Gasteiger partial charge in [0.1, 0.15) is 0 Å². The van der Waals surface area contributed by atoms with Crippen LogP contribution in [-0.2, 0) is 14.1 Å². The Kier molecular flexibility index (Phi) is 3.23. The van der Waals surface area contributed by atoms with Crippen molar-refractivity contribution in [2.24, 2.45) is 14.1 Å². The topological polar surface area (TPSA) is 65.8 Å². The first-order valence-electron chi connectivity index (χ1n) is 5.11. The van der Waals surface area contributed by atoms with Gasteiger partial charge in [0.05, 0.1) is 10.7 Å². The van der Waals surface area contributed by atoms with Gasteiger partial charge in [-0.1, -0.05) is 17.7 Å². The molecule has 0 aliphatic carbocycles. The van der Waals surface area contributed by atoms with Gasteiger partial charge in [0, 0.05) is 19.7 Å². The Morgan fingerprint density at radius 2 is 2.06 bits per heavy atom.